The van der Waals surface area contributed by atoms with Crippen molar-refractivity contribution >= 4 is 12.0 Å². The Kier molecular flexibility index (Phi) is 4.52. The van der Waals surface area contributed by atoms with Gasteiger partial charge in [-0.2, -0.15) is 0 Å². The predicted octanol–water partition coefficient (Wildman–Crippen LogP) is 1.31. The molecule has 6 nitrogen and oxygen atoms in total. The van der Waals surface area contributed by atoms with Crippen LogP contribution in [0.4, 0.5) is 4.79 Å². The Morgan fingerprint density at radius 1 is 1.35 bits per heavy atom. The molecular formula is C14H24N2O4. The number of nitrogens with zero attached hydrogens (tertiary/aromatic N) is 1. The Morgan fingerprint density at radius 3 is 2.50 bits per heavy atom. The first kappa shape index (κ1) is 15.1. The average Bonchev–Trinajstić information content (AvgIpc) is 3.27. The SMILES string of the molecule is CN(CCOCC1CC1)C(=O)NC(C)(C(=O)O)C1CC1. The number of amides is 2. The van der Waals surface area contributed by atoms with E-state index in [4.69, 9.17) is 4.74 Å². The van der Waals surface area contributed by atoms with Crippen LogP contribution in [0.2, 0.25) is 0 Å². The van der Waals surface area contributed by atoms with Gasteiger partial charge in [-0.05, 0) is 44.4 Å². The molecule has 6 heteroatoms. The lowest BCUT2D eigenvalue weighted by Gasteiger charge is -2.29. The first-order valence-corrected chi connectivity index (χ1v) is 7.28. The van der Waals surface area contributed by atoms with E-state index in [9.17, 15) is 14.7 Å². The summed E-state index contributed by atoms with van der Waals surface area (Å²) in [7, 11) is 1.66. The quantitative estimate of drug-likeness (QED) is 0.659. The van der Waals surface area contributed by atoms with Gasteiger partial charge in [0.25, 0.3) is 0 Å². The molecule has 1 atom stereocenters. The topological polar surface area (TPSA) is 78.9 Å². The summed E-state index contributed by atoms with van der Waals surface area (Å²) in [5.41, 5.74) is -1.15. The maximum atomic E-state index is 12.0. The molecule has 0 aliphatic heterocycles. The van der Waals surface area contributed by atoms with E-state index >= 15 is 0 Å². The number of carbonyl (C=O) groups excluding carboxylic acids is 1. The van der Waals surface area contributed by atoms with Crippen molar-refractivity contribution in [3.05, 3.63) is 0 Å². The molecule has 0 aromatic carbocycles. The smallest absolute Gasteiger partial charge is 0.329 e. The van der Waals surface area contributed by atoms with Crippen molar-refractivity contribution in [3.8, 4) is 0 Å². The second-order valence-corrected chi connectivity index (χ2v) is 6.15. The highest BCUT2D eigenvalue weighted by Gasteiger charge is 2.48. The van der Waals surface area contributed by atoms with Crippen LogP contribution in [-0.4, -0.2) is 54.4 Å². The van der Waals surface area contributed by atoms with Gasteiger partial charge in [-0.1, -0.05) is 0 Å². The second-order valence-electron chi connectivity index (χ2n) is 6.15. The molecule has 20 heavy (non-hydrogen) atoms. The van der Waals surface area contributed by atoms with Crippen LogP contribution in [-0.2, 0) is 9.53 Å². The summed E-state index contributed by atoms with van der Waals surface area (Å²) in [6.45, 7) is 3.32. The Labute approximate surface area is 119 Å². The lowest BCUT2D eigenvalue weighted by Crippen LogP contribution is -2.57. The summed E-state index contributed by atoms with van der Waals surface area (Å²) < 4.78 is 5.48. The molecule has 2 rings (SSSR count). The van der Waals surface area contributed by atoms with Gasteiger partial charge in [0.2, 0.25) is 0 Å². The molecule has 2 fully saturated rings. The third-order valence-corrected chi connectivity index (χ3v) is 4.17. The van der Waals surface area contributed by atoms with Gasteiger partial charge in [-0.15, -0.1) is 0 Å². The van der Waals surface area contributed by atoms with Gasteiger partial charge in [-0.25, -0.2) is 9.59 Å². The minimum Gasteiger partial charge on any atom is -0.480 e. The minimum absolute atomic E-state index is 0.0449. The summed E-state index contributed by atoms with van der Waals surface area (Å²) in [6, 6.07) is -0.350. The van der Waals surface area contributed by atoms with Crippen LogP contribution in [0.25, 0.3) is 0 Å². The first-order chi connectivity index (χ1) is 9.43. The maximum absolute atomic E-state index is 12.0. The number of likely N-dealkylation sites (N-methyl/N-ethyl adjacent to an activating group) is 1. The zero-order valence-corrected chi connectivity index (χ0v) is 12.2. The van der Waals surface area contributed by atoms with Crippen LogP contribution in [0, 0.1) is 11.8 Å². The van der Waals surface area contributed by atoms with Gasteiger partial charge in [0.15, 0.2) is 0 Å². The van der Waals surface area contributed by atoms with Crippen LogP contribution in [0.1, 0.15) is 32.6 Å². The molecule has 2 aliphatic rings. The number of carbonyl (C=O) groups is 2. The highest BCUT2D eigenvalue weighted by Crippen LogP contribution is 2.39. The van der Waals surface area contributed by atoms with E-state index in [1.807, 2.05) is 0 Å². The summed E-state index contributed by atoms with van der Waals surface area (Å²) in [5.74, 6) is -0.213. The van der Waals surface area contributed by atoms with Gasteiger partial charge < -0.3 is 20.1 Å². The van der Waals surface area contributed by atoms with Crippen molar-refractivity contribution in [1.82, 2.24) is 10.2 Å². The molecule has 1 unspecified atom stereocenters. The van der Waals surface area contributed by atoms with Crippen molar-refractivity contribution in [3.63, 3.8) is 0 Å². The summed E-state index contributed by atoms with van der Waals surface area (Å²) in [6.07, 6.45) is 4.21. The number of carboxylic acid groups (broad SMARTS) is 1. The molecule has 114 valence electrons. The number of hydrogen-bond acceptors (Lipinski definition) is 3. The van der Waals surface area contributed by atoms with E-state index < -0.39 is 11.5 Å². The first-order valence-electron chi connectivity index (χ1n) is 7.28. The lowest BCUT2D eigenvalue weighted by molar-refractivity contribution is -0.144. The van der Waals surface area contributed by atoms with Crippen LogP contribution >= 0.6 is 0 Å². The predicted molar refractivity (Wildman–Crippen MR) is 73.5 cm³/mol. The minimum atomic E-state index is -1.15. The molecule has 0 aromatic rings. The van der Waals surface area contributed by atoms with Crippen molar-refractivity contribution in [2.45, 2.75) is 38.1 Å². The Hall–Kier alpha value is -1.30. The maximum Gasteiger partial charge on any atom is 0.329 e. The highest BCUT2D eigenvalue weighted by molar-refractivity contribution is 5.86. The average molecular weight is 284 g/mol. The van der Waals surface area contributed by atoms with Crippen molar-refractivity contribution in [2.24, 2.45) is 11.8 Å². The molecule has 0 radical (unpaired) electrons. The summed E-state index contributed by atoms with van der Waals surface area (Å²) >= 11 is 0. The molecular weight excluding hydrogens is 260 g/mol. The molecule has 0 saturated heterocycles. The number of rotatable bonds is 8. The van der Waals surface area contributed by atoms with Gasteiger partial charge in [0, 0.05) is 20.2 Å². The molecule has 2 aliphatic carbocycles. The van der Waals surface area contributed by atoms with Crippen LogP contribution in [0.15, 0.2) is 0 Å². The van der Waals surface area contributed by atoms with Crippen LogP contribution in [0.5, 0.6) is 0 Å². The van der Waals surface area contributed by atoms with Gasteiger partial charge >= 0.3 is 12.0 Å². The fraction of sp³-hybridized carbons (Fsp3) is 0.857. The van der Waals surface area contributed by atoms with Gasteiger partial charge in [0.1, 0.15) is 5.54 Å². The molecule has 0 bridgehead atoms. The number of ether oxygens (including phenoxy) is 1. The zero-order chi connectivity index (χ0) is 14.8. The van der Waals surface area contributed by atoms with Crippen molar-refractivity contribution < 1.29 is 19.4 Å². The highest BCUT2D eigenvalue weighted by atomic mass is 16.5. The molecule has 0 spiro atoms. The van der Waals surface area contributed by atoms with E-state index in [1.165, 1.54) is 17.7 Å². The second kappa shape index (κ2) is 5.99. The largest absolute Gasteiger partial charge is 0.480 e. The van der Waals surface area contributed by atoms with E-state index in [0.29, 0.717) is 19.1 Å². The van der Waals surface area contributed by atoms with E-state index in [0.717, 1.165) is 19.4 Å². The fourth-order valence-electron chi connectivity index (χ4n) is 2.15. The Bertz CT molecular complexity index is 379. The summed E-state index contributed by atoms with van der Waals surface area (Å²) in [5, 5.41) is 11.9. The van der Waals surface area contributed by atoms with E-state index in [-0.39, 0.29) is 11.9 Å². The summed E-state index contributed by atoms with van der Waals surface area (Å²) in [4.78, 5) is 24.9. The standard InChI is InChI=1S/C14H24N2O4/c1-14(12(17)18,11-5-6-11)15-13(19)16(2)7-8-20-9-10-3-4-10/h10-11H,3-9H2,1-2H3,(H,15,19)(H,17,18). The number of hydrogen-bond donors (Lipinski definition) is 2. The third kappa shape index (κ3) is 3.85. The number of aliphatic carboxylic acids is 1. The Balaban J connectivity index is 1.72. The zero-order valence-electron chi connectivity index (χ0n) is 12.2. The van der Waals surface area contributed by atoms with E-state index in [1.54, 1.807) is 14.0 Å². The van der Waals surface area contributed by atoms with Crippen LogP contribution < -0.4 is 5.32 Å². The molecule has 2 saturated carbocycles. The molecule has 2 amide bonds. The van der Waals surface area contributed by atoms with Crippen molar-refractivity contribution in [1.29, 1.82) is 0 Å². The molecule has 0 aromatic heterocycles. The number of carboxylic acids is 1. The monoisotopic (exact) mass is 284 g/mol. The van der Waals surface area contributed by atoms with Crippen LogP contribution in [0.3, 0.4) is 0 Å². The molecule has 2 N–H and O–H groups in total. The number of urea groups is 1. The van der Waals surface area contributed by atoms with Gasteiger partial charge in [-0.3, -0.25) is 0 Å². The van der Waals surface area contributed by atoms with E-state index in [2.05, 4.69) is 5.32 Å². The lowest BCUT2D eigenvalue weighted by atomic mass is 9.96. The normalized spacial score (nSPS) is 21.1. The Morgan fingerprint density at radius 2 is 2.00 bits per heavy atom. The third-order valence-electron chi connectivity index (χ3n) is 4.17. The molecule has 0 heterocycles. The fourth-order valence-corrected chi connectivity index (χ4v) is 2.15. The number of nitrogens with one attached hydrogen (secondary N) is 1. The van der Waals surface area contributed by atoms with Gasteiger partial charge in [0.05, 0.1) is 6.61 Å². The van der Waals surface area contributed by atoms with Crippen molar-refractivity contribution in [2.75, 3.05) is 26.8 Å².